The zero-order chi connectivity index (χ0) is 13.7. The zero-order valence-corrected chi connectivity index (χ0v) is 12.4. The Bertz CT molecular complexity index is 410. The lowest BCUT2D eigenvalue weighted by Crippen LogP contribution is -2.45. The third-order valence-electron chi connectivity index (χ3n) is 3.36. The number of carbonyl (C=O) groups is 1. The van der Waals surface area contributed by atoms with Gasteiger partial charge in [0.2, 0.25) is 0 Å². The Morgan fingerprint density at radius 2 is 2.21 bits per heavy atom. The lowest BCUT2D eigenvalue weighted by molar-refractivity contribution is -0.144. The molecule has 1 saturated heterocycles. The summed E-state index contributed by atoms with van der Waals surface area (Å²) in [5.41, 5.74) is 1.21. The first-order valence-electron chi connectivity index (χ1n) is 6.78. The second-order valence-corrected chi connectivity index (χ2v) is 5.78. The van der Waals surface area contributed by atoms with Crippen molar-refractivity contribution in [2.24, 2.45) is 0 Å². The van der Waals surface area contributed by atoms with Gasteiger partial charge in [-0.2, -0.15) is 11.8 Å². The van der Waals surface area contributed by atoms with Crippen LogP contribution in [0.5, 0.6) is 0 Å². The van der Waals surface area contributed by atoms with Crippen LogP contribution in [-0.2, 0) is 9.53 Å². The highest BCUT2D eigenvalue weighted by molar-refractivity contribution is 7.99. The molecule has 0 aromatic heterocycles. The topological polar surface area (TPSA) is 29.5 Å². The number of rotatable bonds is 4. The molecule has 1 amide bonds. The smallest absolute Gasteiger partial charge is 0.251 e. The summed E-state index contributed by atoms with van der Waals surface area (Å²) in [4.78, 5) is 14.4. The van der Waals surface area contributed by atoms with Gasteiger partial charge in [-0.3, -0.25) is 4.79 Å². The molecule has 2 rings (SSSR count). The Labute approximate surface area is 119 Å². The number of carbonyl (C=O) groups excluding carboxylic acids is 1. The van der Waals surface area contributed by atoms with Crippen LogP contribution in [0.4, 0.5) is 0 Å². The van der Waals surface area contributed by atoms with Crippen molar-refractivity contribution in [3.05, 3.63) is 35.9 Å². The van der Waals surface area contributed by atoms with E-state index in [-0.39, 0.29) is 18.1 Å². The molecule has 0 radical (unpaired) electrons. The van der Waals surface area contributed by atoms with Gasteiger partial charge in [0.25, 0.3) is 5.91 Å². The highest BCUT2D eigenvalue weighted by Crippen LogP contribution is 2.30. The summed E-state index contributed by atoms with van der Waals surface area (Å²) in [7, 11) is 0. The summed E-state index contributed by atoms with van der Waals surface area (Å²) in [6.45, 7) is 5.14. The van der Waals surface area contributed by atoms with Crippen LogP contribution >= 0.6 is 11.8 Å². The van der Waals surface area contributed by atoms with Crippen LogP contribution in [0.15, 0.2) is 30.3 Å². The number of hydrogen-bond acceptors (Lipinski definition) is 3. The van der Waals surface area contributed by atoms with E-state index in [9.17, 15) is 4.79 Å². The van der Waals surface area contributed by atoms with E-state index in [0.29, 0.717) is 6.61 Å². The number of hydrogen-bond donors (Lipinski definition) is 0. The second kappa shape index (κ2) is 6.96. The number of nitrogens with zero attached hydrogens (tertiary/aromatic N) is 1. The van der Waals surface area contributed by atoms with Crippen LogP contribution in [0.25, 0.3) is 0 Å². The van der Waals surface area contributed by atoms with Gasteiger partial charge in [0, 0.05) is 24.7 Å². The van der Waals surface area contributed by atoms with Crippen molar-refractivity contribution in [2.75, 3.05) is 24.7 Å². The van der Waals surface area contributed by atoms with Crippen molar-refractivity contribution in [2.45, 2.75) is 26.0 Å². The van der Waals surface area contributed by atoms with Crippen LogP contribution in [-0.4, -0.2) is 41.6 Å². The Hall–Kier alpha value is -1.00. The molecule has 0 saturated carbocycles. The van der Waals surface area contributed by atoms with E-state index in [1.54, 1.807) is 0 Å². The Morgan fingerprint density at radius 1 is 1.47 bits per heavy atom. The van der Waals surface area contributed by atoms with Crippen LogP contribution in [0, 0.1) is 0 Å². The van der Waals surface area contributed by atoms with E-state index >= 15 is 0 Å². The van der Waals surface area contributed by atoms with E-state index in [2.05, 4.69) is 12.1 Å². The van der Waals surface area contributed by atoms with Crippen molar-refractivity contribution in [3.63, 3.8) is 0 Å². The Morgan fingerprint density at radius 3 is 2.89 bits per heavy atom. The van der Waals surface area contributed by atoms with Crippen LogP contribution in [0.3, 0.4) is 0 Å². The zero-order valence-electron chi connectivity index (χ0n) is 11.5. The monoisotopic (exact) mass is 279 g/mol. The summed E-state index contributed by atoms with van der Waals surface area (Å²) in [5.74, 6) is 2.08. The fourth-order valence-corrected chi connectivity index (χ4v) is 3.46. The minimum absolute atomic E-state index is 0.107. The van der Waals surface area contributed by atoms with Crippen molar-refractivity contribution >= 4 is 17.7 Å². The molecule has 0 unspecified atom stereocenters. The minimum atomic E-state index is -0.348. The maximum atomic E-state index is 12.5. The van der Waals surface area contributed by atoms with Gasteiger partial charge >= 0.3 is 0 Å². The average molecular weight is 279 g/mol. The molecule has 0 aliphatic carbocycles. The van der Waals surface area contributed by atoms with E-state index < -0.39 is 0 Å². The van der Waals surface area contributed by atoms with E-state index in [1.807, 2.05) is 48.7 Å². The number of thioether (sulfide) groups is 1. The fraction of sp³-hybridized carbons (Fsp3) is 0.533. The number of ether oxygens (including phenoxy) is 1. The van der Waals surface area contributed by atoms with Crippen LogP contribution in [0.1, 0.15) is 25.5 Å². The van der Waals surface area contributed by atoms with Crippen LogP contribution < -0.4 is 0 Å². The molecule has 0 spiro atoms. The molecule has 104 valence electrons. The molecule has 1 aromatic rings. The first kappa shape index (κ1) is 14.4. The van der Waals surface area contributed by atoms with Crippen molar-refractivity contribution < 1.29 is 9.53 Å². The highest BCUT2D eigenvalue weighted by Gasteiger charge is 2.30. The van der Waals surface area contributed by atoms with Crippen molar-refractivity contribution in [1.82, 2.24) is 4.90 Å². The third-order valence-corrected chi connectivity index (χ3v) is 4.38. The molecule has 19 heavy (non-hydrogen) atoms. The van der Waals surface area contributed by atoms with E-state index in [1.165, 1.54) is 5.56 Å². The molecule has 2 atom stereocenters. The quantitative estimate of drug-likeness (QED) is 0.849. The average Bonchev–Trinajstić information content (AvgIpc) is 2.47. The highest BCUT2D eigenvalue weighted by atomic mass is 32.2. The second-order valence-electron chi connectivity index (χ2n) is 4.63. The predicted octanol–water partition coefficient (Wildman–Crippen LogP) is 2.73. The molecular weight excluding hydrogens is 258 g/mol. The third kappa shape index (κ3) is 3.51. The van der Waals surface area contributed by atoms with E-state index in [4.69, 9.17) is 4.74 Å². The van der Waals surface area contributed by atoms with Gasteiger partial charge in [-0.25, -0.2) is 0 Å². The molecule has 1 fully saturated rings. The molecule has 3 nitrogen and oxygen atoms in total. The minimum Gasteiger partial charge on any atom is -0.369 e. The molecule has 1 aliphatic rings. The van der Waals surface area contributed by atoms with Gasteiger partial charge in [0.1, 0.15) is 6.10 Å². The maximum absolute atomic E-state index is 12.5. The number of benzene rings is 1. The molecule has 4 heteroatoms. The van der Waals surface area contributed by atoms with Gasteiger partial charge in [0.15, 0.2) is 0 Å². The SMILES string of the molecule is CCO[C@H](C)C(=O)N1CCSC[C@@H]1c1ccccc1. The fourth-order valence-electron chi connectivity index (χ4n) is 2.37. The summed E-state index contributed by atoms with van der Waals surface area (Å²) in [6.07, 6.45) is -0.348. The standard InChI is InChI=1S/C15H21NO2S/c1-3-18-12(2)15(17)16-9-10-19-11-14(16)13-7-5-4-6-8-13/h4-8,12,14H,3,9-11H2,1-2H3/t12-,14-/m1/s1. The first-order valence-corrected chi connectivity index (χ1v) is 7.94. The number of amides is 1. The summed E-state index contributed by atoms with van der Waals surface area (Å²) in [5, 5.41) is 0. The normalized spacial score (nSPS) is 21.2. The summed E-state index contributed by atoms with van der Waals surface area (Å²) >= 11 is 1.91. The lowest BCUT2D eigenvalue weighted by atomic mass is 10.1. The van der Waals surface area contributed by atoms with Gasteiger partial charge in [-0.05, 0) is 19.4 Å². The molecular formula is C15H21NO2S. The lowest BCUT2D eigenvalue weighted by Gasteiger charge is -2.37. The summed E-state index contributed by atoms with van der Waals surface area (Å²) in [6, 6.07) is 10.4. The van der Waals surface area contributed by atoms with Crippen molar-refractivity contribution in [1.29, 1.82) is 0 Å². The van der Waals surface area contributed by atoms with Gasteiger partial charge in [-0.1, -0.05) is 30.3 Å². The molecule has 1 aliphatic heterocycles. The van der Waals surface area contributed by atoms with Gasteiger partial charge in [0.05, 0.1) is 6.04 Å². The van der Waals surface area contributed by atoms with E-state index in [0.717, 1.165) is 18.1 Å². The maximum Gasteiger partial charge on any atom is 0.251 e. The predicted molar refractivity (Wildman–Crippen MR) is 79.3 cm³/mol. The van der Waals surface area contributed by atoms with Crippen LogP contribution in [0.2, 0.25) is 0 Å². The van der Waals surface area contributed by atoms with Gasteiger partial charge < -0.3 is 9.64 Å². The van der Waals surface area contributed by atoms with Crippen molar-refractivity contribution in [3.8, 4) is 0 Å². The molecule has 0 N–H and O–H groups in total. The van der Waals surface area contributed by atoms with Gasteiger partial charge in [-0.15, -0.1) is 0 Å². The largest absolute Gasteiger partial charge is 0.369 e. The Balaban J connectivity index is 2.14. The molecule has 1 heterocycles. The molecule has 0 bridgehead atoms. The molecule has 1 aromatic carbocycles. The Kier molecular flexibility index (Phi) is 5.28. The first-order chi connectivity index (χ1) is 9.24. The summed E-state index contributed by atoms with van der Waals surface area (Å²) < 4.78 is 5.44.